The first-order chi connectivity index (χ1) is 13.6. The number of hydrogen-bond acceptors (Lipinski definition) is 3. The van der Waals surface area contributed by atoms with Gasteiger partial charge in [-0.1, -0.05) is 44.2 Å². The Bertz CT molecular complexity index is 902. The topological polar surface area (TPSA) is 37.6 Å². The second-order valence-corrected chi connectivity index (χ2v) is 6.84. The molecule has 0 N–H and O–H groups in total. The molecule has 2 aromatic carbocycles. The molecule has 0 spiro atoms. The third-order valence-electron chi connectivity index (χ3n) is 4.77. The average Bonchev–Trinajstić information content (AvgIpc) is 2.75. The van der Waals surface area contributed by atoms with Crippen LogP contribution in [-0.2, 0) is 12.8 Å². The fourth-order valence-electron chi connectivity index (χ4n) is 2.95. The van der Waals surface area contributed by atoms with Crippen LogP contribution in [0.2, 0.25) is 0 Å². The second-order valence-electron chi connectivity index (χ2n) is 6.84. The minimum absolute atomic E-state index is 0.868. The molecule has 0 aliphatic carbocycles. The number of aryl methyl sites for hydroxylation is 2. The van der Waals surface area contributed by atoms with E-state index in [4.69, 9.17) is 15.0 Å². The molecule has 0 saturated carbocycles. The Morgan fingerprint density at radius 1 is 0.643 bits per heavy atom. The van der Waals surface area contributed by atoms with Gasteiger partial charge in [-0.05, 0) is 74.2 Å². The Morgan fingerprint density at radius 3 is 1.39 bits per heavy atom. The molecule has 0 radical (unpaired) electrons. The molecule has 142 valence electrons. The molecule has 3 heteroatoms. The molecule has 0 atom stereocenters. The summed E-state index contributed by atoms with van der Waals surface area (Å²) in [5, 5.41) is 0. The number of aliphatic imine (C=N–C) groups is 2. The van der Waals surface area contributed by atoms with Gasteiger partial charge >= 0.3 is 0 Å². The first-order valence-electron chi connectivity index (χ1n) is 9.85. The molecular formula is C25H27N3. The van der Waals surface area contributed by atoms with Crippen LogP contribution in [-0.4, -0.2) is 16.4 Å². The molecule has 0 saturated heterocycles. The highest BCUT2D eigenvalue weighted by Crippen LogP contribution is 2.17. The van der Waals surface area contributed by atoms with Crippen LogP contribution in [0.1, 0.15) is 50.2 Å². The molecule has 0 aliphatic heterocycles. The normalized spacial score (nSPS) is 12.3. The van der Waals surface area contributed by atoms with Gasteiger partial charge in [0.05, 0.1) is 34.2 Å². The van der Waals surface area contributed by atoms with Crippen LogP contribution >= 0.6 is 0 Å². The molecule has 0 unspecified atom stereocenters. The number of benzene rings is 2. The first-order valence-corrected chi connectivity index (χ1v) is 9.85. The van der Waals surface area contributed by atoms with E-state index in [0.29, 0.717) is 0 Å². The zero-order valence-electron chi connectivity index (χ0n) is 17.1. The molecule has 3 nitrogen and oxygen atoms in total. The van der Waals surface area contributed by atoms with E-state index in [1.54, 1.807) is 0 Å². The summed E-state index contributed by atoms with van der Waals surface area (Å²) < 4.78 is 0. The highest BCUT2D eigenvalue weighted by molar-refractivity contribution is 6.02. The number of pyridine rings is 1. The van der Waals surface area contributed by atoms with Gasteiger partial charge in [0, 0.05) is 0 Å². The third-order valence-corrected chi connectivity index (χ3v) is 4.77. The molecule has 0 fully saturated rings. The summed E-state index contributed by atoms with van der Waals surface area (Å²) in [4.78, 5) is 14.2. The molecule has 0 aliphatic rings. The van der Waals surface area contributed by atoms with Gasteiger partial charge in [0.15, 0.2) is 0 Å². The van der Waals surface area contributed by atoms with Gasteiger partial charge in [0.25, 0.3) is 0 Å². The monoisotopic (exact) mass is 369 g/mol. The van der Waals surface area contributed by atoms with Crippen molar-refractivity contribution in [2.45, 2.75) is 40.5 Å². The SMILES string of the molecule is CCc1ccc(/N=C(\C)c2cccc(/C(C)=N/c3ccc(CC)cc3)n2)cc1. The van der Waals surface area contributed by atoms with Gasteiger partial charge in [-0.25, -0.2) is 4.98 Å². The standard InChI is InChI=1S/C25H27N3/c1-5-20-10-14-22(15-11-20)26-18(3)24-8-7-9-25(28-24)19(4)27-23-16-12-21(6-2)13-17-23/h7-17H,5-6H2,1-4H3/b26-18+,27-19+. The largest absolute Gasteiger partial charge is 0.252 e. The van der Waals surface area contributed by atoms with Crippen LogP contribution in [0, 0.1) is 0 Å². The van der Waals surface area contributed by atoms with E-state index in [2.05, 4.69) is 62.4 Å². The van der Waals surface area contributed by atoms with E-state index < -0.39 is 0 Å². The quantitative estimate of drug-likeness (QED) is 0.458. The second kappa shape index (κ2) is 9.23. The third kappa shape index (κ3) is 5.01. The van der Waals surface area contributed by atoms with Gasteiger partial charge in [-0.3, -0.25) is 9.98 Å². The predicted molar refractivity (Wildman–Crippen MR) is 120 cm³/mol. The van der Waals surface area contributed by atoms with Crippen molar-refractivity contribution >= 4 is 22.8 Å². The summed E-state index contributed by atoms with van der Waals surface area (Å²) >= 11 is 0. The summed E-state index contributed by atoms with van der Waals surface area (Å²) in [6, 6.07) is 22.7. The summed E-state index contributed by atoms with van der Waals surface area (Å²) in [6.07, 6.45) is 2.07. The molecule has 1 aromatic heterocycles. The van der Waals surface area contributed by atoms with Crippen molar-refractivity contribution in [3.63, 3.8) is 0 Å². The van der Waals surface area contributed by atoms with Crippen LogP contribution in [0.4, 0.5) is 11.4 Å². The number of nitrogens with zero attached hydrogens (tertiary/aromatic N) is 3. The van der Waals surface area contributed by atoms with Gasteiger partial charge in [0.1, 0.15) is 0 Å². The molecule has 3 rings (SSSR count). The summed E-state index contributed by atoms with van der Waals surface area (Å²) in [6.45, 7) is 8.30. The maximum atomic E-state index is 4.77. The predicted octanol–water partition coefficient (Wildman–Crippen LogP) is 6.49. The van der Waals surface area contributed by atoms with Crippen molar-refractivity contribution in [1.82, 2.24) is 4.98 Å². The lowest BCUT2D eigenvalue weighted by molar-refractivity contribution is 1.14. The Labute approximate surface area is 167 Å². The van der Waals surface area contributed by atoms with Crippen molar-refractivity contribution in [2.75, 3.05) is 0 Å². The lowest BCUT2D eigenvalue weighted by Gasteiger charge is -2.06. The highest BCUT2D eigenvalue weighted by Gasteiger charge is 2.05. The maximum absolute atomic E-state index is 4.77. The van der Waals surface area contributed by atoms with Gasteiger partial charge in [-0.15, -0.1) is 0 Å². The van der Waals surface area contributed by atoms with E-state index in [1.165, 1.54) is 11.1 Å². The minimum Gasteiger partial charge on any atom is -0.252 e. The van der Waals surface area contributed by atoms with Gasteiger partial charge in [0.2, 0.25) is 0 Å². The molecular weight excluding hydrogens is 342 g/mol. The van der Waals surface area contributed by atoms with Crippen molar-refractivity contribution in [1.29, 1.82) is 0 Å². The highest BCUT2D eigenvalue weighted by atomic mass is 14.8. The van der Waals surface area contributed by atoms with Crippen LogP contribution in [0.3, 0.4) is 0 Å². The van der Waals surface area contributed by atoms with Crippen LogP contribution < -0.4 is 0 Å². The first kappa shape index (κ1) is 19.7. The van der Waals surface area contributed by atoms with Crippen molar-refractivity contribution in [3.8, 4) is 0 Å². The van der Waals surface area contributed by atoms with Crippen LogP contribution in [0.15, 0.2) is 76.7 Å². The molecule has 0 amide bonds. The van der Waals surface area contributed by atoms with Gasteiger partial charge in [-0.2, -0.15) is 0 Å². The summed E-state index contributed by atoms with van der Waals surface area (Å²) in [5.41, 5.74) is 8.05. The smallest absolute Gasteiger partial charge is 0.0849 e. The van der Waals surface area contributed by atoms with Crippen molar-refractivity contribution in [2.24, 2.45) is 9.98 Å². The zero-order chi connectivity index (χ0) is 19.9. The Balaban J connectivity index is 1.83. The minimum atomic E-state index is 0.868. The van der Waals surface area contributed by atoms with E-state index in [0.717, 1.165) is 47.0 Å². The van der Waals surface area contributed by atoms with E-state index in [9.17, 15) is 0 Å². The van der Waals surface area contributed by atoms with Crippen LogP contribution in [0.25, 0.3) is 0 Å². The van der Waals surface area contributed by atoms with E-state index in [-0.39, 0.29) is 0 Å². The Morgan fingerprint density at radius 2 is 1.04 bits per heavy atom. The fraction of sp³-hybridized carbons (Fsp3) is 0.240. The summed E-state index contributed by atoms with van der Waals surface area (Å²) in [7, 11) is 0. The zero-order valence-corrected chi connectivity index (χ0v) is 17.1. The Hall–Kier alpha value is -3.07. The lowest BCUT2D eigenvalue weighted by atomic mass is 10.1. The van der Waals surface area contributed by atoms with E-state index in [1.807, 2.05) is 32.0 Å². The molecule has 1 heterocycles. The van der Waals surface area contributed by atoms with Crippen molar-refractivity contribution < 1.29 is 0 Å². The number of rotatable bonds is 6. The summed E-state index contributed by atoms with van der Waals surface area (Å²) in [5.74, 6) is 0. The average molecular weight is 370 g/mol. The maximum Gasteiger partial charge on any atom is 0.0849 e. The molecule has 28 heavy (non-hydrogen) atoms. The molecule has 3 aromatic rings. The Kier molecular flexibility index (Phi) is 6.49. The fourth-order valence-corrected chi connectivity index (χ4v) is 2.95. The molecule has 0 bridgehead atoms. The lowest BCUT2D eigenvalue weighted by Crippen LogP contribution is -2.05. The van der Waals surface area contributed by atoms with Crippen molar-refractivity contribution in [3.05, 3.63) is 89.2 Å². The number of hydrogen-bond donors (Lipinski definition) is 0. The number of aromatic nitrogens is 1. The van der Waals surface area contributed by atoms with Crippen LogP contribution in [0.5, 0.6) is 0 Å². The van der Waals surface area contributed by atoms with Gasteiger partial charge < -0.3 is 0 Å². The van der Waals surface area contributed by atoms with E-state index >= 15 is 0 Å².